The van der Waals surface area contributed by atoms with Gasteiger partial charge in [0.05, 0.1) is 13.2 Å². The van der Waals surface area contributed by atoms with Crippen molar-refractivity contribution in [2.24, 2.45) is 0 Å². The molecular formula is C14H22N2O2. The average Bonchev–Trinajstić information content (AvgIpc) is 2.43. The monoisotopic (exact) mass is 250 g/mol. The van der Waals surface area contributed by atoms with Crippen molar-refractivity contribution < 1.29 is 9.53 Å². The van der Waals surface area contributed by atoms with Gasteiger partial charge in [0.25, 0.3) is 0 Å². The lowest BCUT2D eigenvalue weighted by Gasteiger charge is -2.20. The fraction of sp³-hybridized carbons (Fsp3) is 0.500. The van der Waals surface area contributed by atoms with Gasteiger partial charge in [-0.05, 0) is 31.5 Å². The second-order valence-corrected chi connectivity index (χ2v) is 4.30. The first-order valence-electron chi connectivity index (χ1n) is 6.19. The summed E-state index contributed by atoms with van der Waals surface area (Å²) in [7, 11) is 3.46. The SMILES string of the molecule is CCN(C)C(=O)C(C)NCc1ccc(OC)cc1. The van der Waals surface area contributed by atoms with Gasteiger partial charge in [0.1, 0.15) is 5.75 Å². The third-order valence-corrected chi connectivity index (χ3v) is 2.99. The van der Waals surface area contributed by atoms with E-state index in [4.69, 9.17) is 4.74 Å². The van der Waals surface area contributed by atoms with E-state index in [2.05, 4.69) is 5.32 Å². The number of methoxy groups -OCH3 is 1. The second-order valence-electron chi connectivity index (χ2n) is 4.30. The zero-order valence-corrected chi connectivity index (χ0v) is 11.6. The Morgan fingerprint density at radius 1 is 1.39 bits per heavy atom. The minimum Gasteiger partial charge on any atom is -0.497 e. The molecule has 4 heteroatoms. The van der Waals surface area contributed by atoms with Crippen LogP contribution in [0, 0.1) is 0 Å². The van der Waals surface area contributed by atoms with Crippen molar-refractivity contribution >= 4 is 5.91 Å². The van der Waals surface area contributed by atoms with Gasteiger partial charge in [-0.25, -0.2) is 0 Å². The molecule has 1 rings (SSSR count). The van der Waals surface area contributed by atoms with Crippen LogP contribution in [-0.4, -0.2) is 37.6 Å². The van der Waals surface area contributed by atoms with Gasteiger partial charge in [0, 0.05) is 20.1 Å². The molecule has 4 nitrogen and oxygen atoms in total. The number of amides is 1. The number of nitrogens with one attached hydrogen (secondary N) is 1. The highest BCUT2D eigenvalue weighted by molar-refractivity contribution is 5.81. The number of benzene rings is 1. The Kier molecular flexibility index (Phi) is 5.65. The van der Waals surface area contributed by atoms with Crippen molar-refractivity contribution in [3.63, 3.8) is 0 Å². The molecule has 0 aliphatic heterocycles. The molecule has 0 aliphatic rings. The Balaban J connectivity index is 2.46. The Labute approximate surface area is 109 Å². The van der Waals surface area contributed by atoms with Crippen molar-refractivity contribution in [2.45, 2.75) is 26.4 Å². The molecule has 18 heavy (non-hydrogen) atoms. The molecule has 0 radical (unpaired) electrons. The van der Waals surface area contributed by atoms with E-state index in [0.717, 1.165) is 17.9 Å². The van der Waals surface area contributed by atoms with Gasteiger partial charge in [-0.15, -0.1) is 0 Å². The number of carbonyl (C=O) groups is 1. The third-order valence-electron chi connectivity index (χ3n) is 2.99. The van der Waals surface area contributed by atoms with Gasteiger partial charge < -0.3 is 15.0 Å². The maximum atomic E-state index is 11.8. The maximum Gasteiger partial charge on any atom is 0.239 e. The lowest BCUT2D eigenvalue weighted by atomic mass is 10.2. The van der Waals surface area contributed by atoms with Crippen molar-refractivity contribution in [1.82, 2.24) is 10.2 Å². The first kappa shape index (κ1) is 14.5. The molecule has 1 unspecified atom stereocenters. The third kappa shape index (κ3) is 4.04. The second kappa shape index (κ2) is 7.01. The molecule has 1 atom stereocenters. The van der Waals surface area contributed by atoms with E-state index in [-0.39, 0.29) is 11.9 Å². The van der Waals surface area contributed by atoms with Crippen molar-refractivity contribution in [3.05, 3.63) is 29.8 Å². The zero-order valence-electron chi connectivity index (χ0n) is 11.6. The van der Waals surface area contributed by atoms with Gasteiger partial charge >= 0.3 is 0 Å². The molecule has 0 fully saturated rings. The van der Waals surface area contributed by atoms with Gasteiger partial charge in [-0.1, -0.05) is 12.1 Å². The molecule has 0 saturated heterocycles. The standard InChI is InChI=1S/C14H22N2O2/c1-5-16(3)14(17)11(2)15-10-12-6-8-13(18-4)9-7-12/h6-9,11,15H,5,10H2,1-4H3. The molecular weight excluding hydrogens is 228 g/mol. The Hall–Kier alpha value is -1.55. The molecule has 0 aliphatic carbocycles. The molecule has 1 aromatic rings. The minimum atomic E-state index is -0.169. The molecule has 0 saturated carbocycles. The summed E-state index contributed by atoms with van der Waals surface area (Å²) in [4.78, 5) is 13.6. The van der Waals surface area contributed by atoms with E-state index in [0.29, 0.717) is 6.54 Å². The Bertz CT molecular complexity index is 376. The average molecular weight is 250 g/mol. The molecule has 0 heterocycles. The first-order valence-corrected chi connectivity index (χ1v) is 6.19. The van der Waals surface area contributed by atoms with Crippen LogP contribution >= 0.6 is 0 Å². The molecule has 1 aromatic carbocycles. The highest BCUT2D eigenvalue weighted by Gasteiger charge is 2.15. The molecule has 0 aromatic heterocycles. The smallest absolute Gasteiger partial charge is 0.239 e. The van der Waals surface area contributed by atoms with E-state index in [9.17, 15) is 4.79 Å². The molecule has 0 spiro atoms. The summed E-state index contributed by atoms with van der Waals surface area (Å²) in [5.74, 6) is 0.958. The van der Waals surface area contributed by atoms with Crippen molar-refractivity contribution in [2.75, 3.05) is 20.7 Å². The normalized spacial score (nSPS) is 12.0. The summed E-state index contributed by atoms with van der Waals surface area (Å²) in [6.45, 7) is 5.26. The summed E-state index contributed by atoms with van der Waals surface area (Å²) < 4.78 is 5.10. The van der Waals surface area contributed by atoms with Crippen molar-refractivity contribution in [3.8, 4) is 5.75 Å². The Morgan fingerprint density at radius 3 is 2.50 bits per heavy atom. The van der Waals surface area contributed by atoms with Crippen LogP contribution in [-0.2, 0) is 11.3 Å². The quantitative estimate of drug-likeness (QED) is 0.834. The molecule has 100 valence electrons. The van der Waals surface area contributed by atoms with Gasteiger partial charge in [-0.3, -0.25) is 4.79 Å². The summed E-state index contributed by atoms with van der Waals surface area (Å²) in [6.07, 6.45) is 0. The summed E-state index contributed by atoms with van der Waals surface area (Å²) >= 11 is 0. The Morgan fingerprint density at radius 2 is 2.00 bits per heavy atom. The zero-order chi connectivity index (χ0) is 13.5. The van der Waals surface area contributed by atoms with E-state index < -0.39 is 0 Å². The highest BCUT2D eigenvalue weighted by atomic mass is 16.5. The highest BCUT2D eigenvalue weighted by Crippen LogP contribution is 2.11. The van der Waals surface area contributed by atoms with Crippen LogP contribution in [0.2, 0.25) is 0 Å². The van der Waals surface area contributed by atoms with Crippen LogP contribution in [0.25, 0.3) is 0 Å². The summed E-state index contributed by atoms with van der Waals surface area (Å²) in [5.41, 5.74) is 1.13. The number of hydrogen-bond donors (Lipinski definition) is 1. The fourth-order valence-corrected chi connectivity index (χ4v) is 1.59. The summed E-state index contributed by atoms with van der Waals surface area (Å²) in [5, 5.41) is 3.22. The minimum absolute atomic E-state index is 0.117. The topological polar surface area (TPSA) is 41.6 Å². The number of carbonyl (C=O) groups excluding carboxylic acids is 1. The number of hydrogen-bond acceptors (Lipinski definition) is 3. The number of nitrogens with zero attached hydrogens (tertiary/aromatic N) is 1. The molecule has 0 bridgehead atoms. The fourth-order valence-electron chi connectivity index (χ4n) is 1.59. The van der Waals surface area contributed by atoms with E-state index >= 15 is 0 Å². The van der Waals surface area contributed by atoms with Crippen LogP contribution in [0.15, 0.2) is 24.3 Å². The number of likely N-dealkylation sites (N-methyl/N-ethyl adjacent to an activating group) is 1. The van der Waals surface area contributed by atoms with E-state index in [1.165, 1.54) is 0 Å². The van der Waals surface area contributed by atoms with E-state index in [1.54, 1.807) is 12.0 Å². The van der Waals surface area contributed by atoms with Crippen LogP contribution in [0.5, 0.6) is 5.75 Å². The van der Waals surface area contributed by atoms with Crippen LogP contribution in [0.4, 0.5) is 0 Å². The predicted octanol–water partition coefficient (Wildman–Crippen LogP) is 1.65. The number of ether oxygens (including phenoxy) is 1. The van der Waals surface area contributed by atoms with Gasteiger partial charge in [0.15, 0.2) is 0 Å². The van der Waals surface area contributed by atoms with Gasteiger partial charge in [-0.2, -0.15) is 0 Å². The van der Waals surface area contributed by atoms with Crippen molar-refractivity contribution in [1.29, 1.82) is 0 Å². The largest absolute Gasteiger partial charge is 0.497 e. The van der Waals surface area contributed by atoms with Crippen LogP contribution in [0.1, 0.15) is 19.4 Å². The molecule has 1 amide bonds. The first-order chi connectivity index (χ1) is 8.58. The lowest BCUT2D eigenvalue weighted by Crippen LogP contribution is -2.42. The number of rotatable bonds is 6. The van der Waals surface area contributed by atoms with Crippen LogP contribution in [0.3, 0.4) is 0 Å². The van der Waals surface area contributed by atoms with E-state index in [1.807, 2.05) is 45.2 Å². The van der Waals surface area contributed by atoms with Crippen LogP contribution < -0.4 is 10.1 Å². The molecule has 1 N–H and O–H groups in total. The summed E-state index contributed by atoms with van der Waals surface area (Å²) in [6, 6.07) is 7.65. The maximum absolute atomic E-state index is 11.8. The van der Waals surface area contributed by atoms with Gasteiger partial charge in [0.2, 0.25) is 5.91 Å². The predicted molar refractivity (Wildman–Crippen MR) is 72.6 cm³/mol. The lowest BCUT2D eigenvalue weighted by molar-refractivity contribution is -0.131.